The van der Waals surface area contributed by atoms with E-state index < -0.39 is 0 Å². The Hall–Kier alpha value is -0.120. The van der Waals surface area contributed by atoms with Gasteiger partial charge in [0.25, 0.3) is 0 Å². The van der Waals surface area contributed by atoms with E-state index in [1.54, 1.807) is 0 Å². The summed E-state index contributed by atoms with van der Waals surface area (Å²) in [6.07, 6.45) is 5.20. The number of likely N-dealkylation sites (tertiary alicyclic amines) is 1. The van der Waals surface area contributed by atoms with Crippen molar-refractivity contribution in [3.8, 4) is 0 Å². The number of nitrogens with one attached hydrogen (secondary N) is 1. The number of ether oxygens (including phenoxy) is 1. The van der Waals surface area contributed by atoms with Crippen molar-refractivity contribution in [1.82, 2.24) is 10.2 Å². The third-order valence-corrected chi connectivity index (χ3v) is 3.58. The Kier molecular flexibility index (Phi) is 4.42. The van der Waals surface area contributed by atoms with Gasteiger partial charge >= 0.3 is 0 Å². The molecule has 0 amide bonds. The minimum Gasteiger partial charge on any atom is -0.380 e. The quantitative estimate of drug-likeness (QED) is 0.762. The lowest BCUT2D eigenvalue weighted by Crippen LogP contribution is -2.51. The Morgan fingerprint density at radius 1 is 1.27 bits per heavy atom. The first-order valence-electron chi connectivity index (χ1n) is 6.44. The standard InChI is InChI=1S/C12H24N2O/c1-2-14-7-3-5-11(9-14)13-12-6-4-8-15-10-12/h11-13H,2-10H2,1H3. The van der Waals surface area contributed by atoms with Crippen LogP contribution in [0.1, 0.15) is 32.6 Å². The van der Waals surface area contributed by atoms with Crippen molar-refractivity contribution in [2.75, 3.05) is 32.8 Å². The molecule has 15 heavy (non-hydrogen) atoms. The molecule has 2 aliphatic heterocycles. The minimum absolute atomic E-state index is 0.612. The van der Waals surface area contributed by atoms with Gasteiger partial charge in [0.1, 0.15) is 0 Å². The molecule has 0 bridgehead atoms. The van der Waals surface area contributed by atoms with E-state index in [4.69, 9.17) is 4.74 Å². The second kappa shape index (κ2) is 5.83. The normalized spacial score (nSPS) is 34.2. The van der Waals surface area contributed by atoms with E-state index in [0.29, 0.717) is 12.1 Å². The second-order valence-corrected chi connectivity index (χ2v) is 4.81. The van der Waals surface area contributed by atoms with Crippen LogP contribution in [-0.4, -0.2) is 49.8 Å². The highest BCUT2D eigenvalue weighted by Gasteiger charge is 2.22. The SMILES string of the molecule is CCN1CCCC(NC2CCCOC2)C1. The Bertz CT molecular complexity index is 180. The molecule has 2 fully saturated rings. The Labute approximate surface area is 93.2 Å². The van der Waals surface area contributed by atoms with Crippen molar-refractivity contribution in [3.63, 3.8) is 0 Å². The van der Waals surface area contributed by atoms with Crippen molar-refractivity contribution >= 4 is 0 Å². The average molecular weight is 212 g/mol. The molecule has 0 spiro atoms. The molecule has 2 rings (SSSR count). The molecule has 0 aromatic carbocycles. The summed E-state index contributed by atoms with van der Waals surface area (Å²) in [6, 6.07) is 1.31. The maximum Gasteiger partial charge on any atom is 0.0619 e. The van der Waals surface area contributed by atoms with E-state index in [2.05, 4.69) is 17.1 Å². The predicted molar refractivity (Wildman–Crippen MR) is 62.1 cm³/mol. The van der Waals surface area contributed by atoms with Crippen LogP contribution in [0.5, 0.6) is 0 Å². The monoisotopic (exact) mass is 212 g/mol. The van der Waals surface area contributed by atoms with Crippen molar-refractivity contribution in [2.45, 2.75) is 44.7 Å². The molecule has 0 aliphatic carbocycles. The van der Waals surface area contributed by atoms with Crippen molar-refractivity contribution in [3.05, 3.63) is 0 Å². The van der Waals surface area contributed by atoms with Crippen LogP contribution in [0.25, 0.3) is 0 Å². The maximum atomic E-state index is 5.50. The zero-order valence-electron chi connectivity index (χ0n) is 9.87. The number of rotatable bonds is 3. The summed E-state index contributed by atoms with van der Waals surface area (Å²) in [5, 5.41) is 3.76. The summed E-state index contributed by atoms with van der Waals surface area (Å²) in [6.45, 7) is 7.85. The summed E-state index contributed by atoms with van der Waals surface area (Å²) < 4.78 is 5.50. The molecule has 3 nitrogen and oxygen atoms in total. The van der Waals surface area contributed by atoms with Crippen molar-refractivity contribution in [2.24, 2.45) is 0 Å². The lowest BCUT2D eigenvalue weighted by Gasteiger charge is -2.35. The van der Waals surface area contributed by atoms with Gasteiger partial charge in [0.2, 0.25) is 0 Å². The highest BCUT2D eigenvalue weighted by Crippen LogP contribution is 2.13. The first-order valence-corrected chi connectivity index (χ1v) is 6.44. The third-order valence-electron chi connectivity index (χ3n) is 3.58. The molecule has 0 radical (unpaired) electrons. The molecule has 2 saturated heterocycles. The number of hydrogen-bond acceptors (Lipinski definition) is 3. The first kappa shape index (κ1) is 11.4. The topological polar surface area (TPSA) is 24.5 Å². The van der Waals surface area contributed by atoms with Gasteiger partial charge in [-0.3, -0.25) is 0 Å². The van der Waals surface area contributed by atoms with Crippen LogP contribution in [-0.2, 0) is 4.74 Å². The molecular weight excluding hydrogens is 188 g/mol. The Morgan fingerprint density at radius 3 is 2.87 bits per heavy atom. The second-order valence-electron chi connectivity index (χ2n) is 4.81. The largest absolute Gasteiger partial charge is 0.380 e. The Morgan fingerprint density at radius 2 is 2.13 bits per heavy atom. The zero-order chi connectivity index (χ0) is 10.5. The molecule has 88 valence electrons. The summed E-state index contributed by atoms with van der Waals surface area (Å²) >= 11 is 0. The van der Waals surface area contributed by atoms with Gasteiger partial charge in [-0.1, -0.05) is 6.92 Å². The van der Waals surface area contributed by atoms with Gasteiger partial charge in [0.15, 0.2) is 0 Å². The van der Waals surface area contributed by atoms with E-state index in [9.17, 15) is 0 Å². The molecule has 2 unspecified atom stereocenters. The molecule has 0 aromatic rings. The van der Waals surface area contributed by atoms with Gasteiger partial charge in [-0.15, -0.1) is 0 Å². The van der Waals surface area contributed by atoms with E-state index >= 15 is 0 Å². The summed E-state index contributed by atoms with van der Waals surface area (Å²) in [4.78, 5) is 2.55. The van der Waals surface area contributed by atoms with Gasteiger partial charge in [0.05, 0.1) is 6.61 Å². The number of likely N-dealkylation sites (N-methyl/N-ethyl adjacent to an activating group) is 1. The predicted octanol–water partition coefficient (Wildman–Crippen LogP) is 1.24. The Balaban J connectivity index is 1.72. The van der Waals surface area contributed by atoms with Crippen LogP contribution in [0.4, 0.5) is 0 Å². The summed E-state index contributed by atoms with van der Waals surface area (Å²) in [5.41, 5.74) is 0. The molecule has 2 heterocycles. The van der Waals surface area contributed by atoms with Gasteiger partial charge in [-0.25, -0.2) is 0 Å². The van der Waals surface area contributed by atoms with Gasteiger partial charge < -0.3 is 15.0 Å². The number of piperidine rings is 1. The van der Waals surface area contributed by atoms with E-state index in [1.807, 2.05) is 0 Å². The molecule has 2 aliphatic rings. The lowest BCUT2D eigenvalue weighted by molar-refractivity contribution is 0.0603. The van der Waals surface area contributed by atoms with Crippen LogP contribution in [0.3, 0.4) is 0 Å². The summed E-state index contributed by atoms with van der Waals surface area (Å²) in [7, 11) is 0. The van der Waals surface area contributed by atoms with Gasteiger partial charge in [-0.2, -0.15) is 0 Å². The first-order chi connectivity index (χ1) is 7.38. The molecular formula is C12H24N2O. The van der Waals surface area contributed by atoms with Crippen LogP contribution in [0, 0.1) is 0 Å². The van der Waals surface area contributed by atoms with Crippen LogP contribution < -0.4 is 5.32 Å². The molecule has 2 atom stereocenters. The number of nitrogens with zero attached hydrogens (tertiary/aromatic N) is 1. The zero-order valence-corrected chi connectivity index (χ0v) is 9.87. The van der Waals surface area contributed by atoms with Gasteiger partial charge in [0, 0.05) is 25.2 Å². The fraction of sp³-hybridized carbons (Fsp3) is 1.00. The fourth-order valence-corrected chi connectivity index (χ4v) is 2.68. The van der Waals surface area contributed by atoms with Crippen molar-refractivity contribution in [1.29, 1.82) is 0 Å². The van der Waals surface area contributed by atoms with Crippen LogP contribution >= 0.6 is 0 Å². The van der Waals surface area contributed by atoms with Crippen LogP contribution in [0.2, 0.25) is 0 Å². The van der Waals surface area contributed by atoms with E-state index in [1.165, 1.54) is 45.3 Å². The summed E-state index contributed by atoms with van der Waals surface area (Å²) in [5.74, 6) is 0. The molecule has 0 saturated carbocycles. The number of hydrogen-bond donors (Lipinski definition) is 1. The fourth-order valence-electron chi connectivity index (χ4n) is 2.68. The highest BCUT2D eigenvalue weighted by molar-refractivity contribution is 4.82. The molecule has 1 N–H and O–H groups in total. The minimum atomic E-state index is 0.612. The third kappa shape index (κ3) is 3.44. The smallest absolute Gasteiger partial charge is 0.0619 e. The molecule has 0 aromatic heterocycles. The average Bonchev–Trinajstić information content (AvgIpc) is 2.31. The van der Waals surface area contributed by atoms with E-state index in [0.717, 1.165) is 13.2 Å². The maximum absolute atomic E-state index is 5.50. The van der Waals surface area contributed by atoms with Crippen LogP contribution in [0.15, 0.2) is 0 Å². The van der Waals surface area contributed by atoms with Crippen molar-refractivity contribution < 1.29 is 4.74 Å². The van der Waals surface area contributed by atoms with E-state index in [-0.39, 0.29) is 0 Å². The highest BCUT2D eigenvalue weighted by atomic mass is 16.5. The van der Waals surface area contributed by atoms with Gasteiger partial charge in [-0.05, 0) is 38.8 Å². The lowest BCUT2D eigenvalue weighted by atomic mass is 10.0. The molecule has 3 heteroatoms.